The molecule has 8 heteroatoms. The van der Waals surface area contributed by atoms with Gasteiger partial charge in [0.15, 0.2) is 0 Å². The van der Waals surface area contributed by atoms with Crippen molar-refractivity contribution in [1.29, 1.82) is 0 Å². The Kier molecular flexibility index (Phi) is 4.67. The molecule has 26 heavy (non-hydrogen) atoms. The number of oxazole rings is 1. The van der Waals surface area contributed by atoms with Crippen LogP contribution in [0.1, 0.15) is 30.9 Å². The first-order valence-corrected chi connectivity index (χ1v) is 9.14. The zero-order valence-electron chi connectivity index (χ0n) is 15.6. The van der Waals surface area contributed by atoms with Crippen LogP contribution in [0, 0.1) is 0 Å². The van der Waals surface area contributed by atoms with Crippen molar-refractivity contribution >= 4 is 17.8 Å². The maximum Gasteiger partial charge on any atom is 0.295 e. The van der Waals surface area contributed by atoms with Crippen LogP contribution >= 0.6 is 0 Å². The lowest BCUT2D eigenvalue weighted by atomic mass is 9.84. The first kappa shape index (κ1) is 17.1. The van der Waals surface area contributed by atoms with Crippen LogP contribution in [0.15, 0.2) is 22.9 Å². The quantitative estimate of drug-likeness (QED) is 0.841. The van der Waals surface area contributed by atoms with Gasteiger partial charge in [-0.15, -0.1) is 0 Å². The highest BCUT2D eigenvalue weighted by Gasteiger charge is 2.35. The molecule has 140 valence electrons. The first-order valence-electron chi connectivity index (χ1n) is 9.14. The Bertz CT molecular complexity index is 745. The average Bonchev–Trinajstić information content (AvgIpc) is 3.21. The highest BCUT2D eigenvalue weighted by molar-refractivity contribution is 5.46. The standard InChI is InChI=1S/C18H26N6O2/c1-23(2)17-19-8-7-16(22-17)24-10-13(15(11-24)25-3)21-18-20-9-14(26-18)12-5-4-6-12/h7-9,12-13,15H,4-6,10-11H2,1-3H3,(H,20,21)/t13-,15+/m0/s1. The summed E-state index contributed by atoms with van der Waals surface area (Å²) in [6.45, 7) is 1.53. The number of anilines is 3. The van der Waals surface area contributed by atoms with E-state index in [1.807, 2.05) is 31.3 Å². The van der Waals surface area contributed by atoms with Crippen molar-refractivity contribution in [2.45, 2.75) is 37.3 Å². The van der Waals surface area contributed by atoms with Crippen LogP contribution in [-0.4, -0.2) is 61.4 Å². The molecule has 2 fully saturated rings. The molecule has 2 aliphatic rings. The summed E-state index contributed by atoms with van der Waals surface area (Å²) in [6, 6.07) is 2.60. The summed E-state index contributed by atoms with van der Waals surface area (Å²) in [4.78, 5) is 17.4. The van der Waals surface area contributed by atoms with Gasteiger partial charge in [0, 0.05) is 46.4 Å². The van der Waals surface area contributed by atoms with Crippen LogP contribution < -0.4 is 15.1 Å². The number of rotatable bonds is 6. The Morgan fingerprint density at radius 3 is 2.81 bits per heavy atom. The molecule has 2 aromatic rings. The zero-order valence-corrected chi connectivity index (χ0v) is 15.6. The summed E-state index contributed by atoms with van der Waals surface area (Å²) in [5.74, 6) is 3.14. The molecule has 0 unspecified atom stereocenters. The van der Waals surface area contributed by atoms with Crippen LogP contribution in [-0.2, 0) is 4.74 Å². The number of ether oxygens (including phenoxy) is 1. The van der Waals surface area contributed by atoms with Gasteiger partial charge >= 0.3 is 0 Å². The summed E-state index contributed by atoms with van der Waals surface area (Å²) >= 11 is 0. The predicted molar refractivity (Wildman–Crippen MR) is 99.9 cm³/mol. The fourth-order valence-corrected chi connectivity index (χ4v) is 3.46. The number of hydrogen-bond acceptors (Lipinski definition) is 8. The van der Waals surface area contributed by atoms with E-state index in [-0.39, 0.29) is 12.1 Å². The van der Waals surface area contributed by atoms with E-state index in [0.717, 1.165) is 24.7 Å². The summed E-state index contributed by atoms with van der Waals surface area (Å²) in [5, 5.41) is 3.40. The van der Waals surface area contributed by atoms with Crippen molar-refractivity contribution in [2.24, 2.45) is 0 Å². The van der Waals surface area contributed by atoms with Gasteiger partial charge in [0.05, 0.1) is 18.3 Å². The van der Waals surface area contributed by atoms with E-state index < -0.39 is 0 Å². The van der Waals surface area contributed by atoms with Crippen molar-refractivity contribution in [3.05, 3.63) is 24.2 Å². The number of methoxy groups -OCH3 is 1. The molecule has 1 aliphatic carbocycles. The highest BCUT2D eigenvalue weighted by atomic mass is 16.5. The third kappa shape index (κ3) is 3.33. The highest BCUT2D eigenvalue weighted by Crippen LogP contribution is 2.37. The summed E-state index contributed by atoms with van der Waals surface area (Å²) in [5.41, 5.74) is 0. The Morgan fingerprint density at radius 1 is 1.27 bits per heavy atom. The predicted octanol–water partition coefficient (Wildman–Crippen LogP) is 2.11. The SMILES string of the molecule is CO[C@@H]1CN(c2ccnc(N(C)C)n2)C[C@@H]1Nc1ncc(C2CCC2)o1. The Labute approximate surface area is 153 Å². The molecular formula is C18H26N6O2. The van der Waals surface area contributed by atoms with Gasteiger partial charge in [0.2, 0.25) is 5.95 Å². The first-order chi connectivity index (χ1) is 12.6. The molecule has 1 saturated carbocycles. The van der Waals surface area contributed by atoms with Crippen LogP contribution in [0.5, 0.6) is 0 Å². The summed E-state index contributed by atoms with van der Waals surface area (Å²) in [7, 11) is 5.62. The molecule has 0 aromatic carbocycles. The van der Waals surface area contributed by atoms with Gasteiger partial charge in [0.25, 0.3) is 6.01 Å². The molecule has 8 nitrogen and oxygen atoms in total. The van der Waals surface area contributed by atoms with Crippen LogP contribution in [0.3, 0.4) is 0 Å². The lowest BCUT2D eigenvalue weighted by Gasteiger charge is -2.22. The molecule has 0 spiro atoms. The lowest BCUT2D eigenvalue weighted by Crippen LogP contribution is -2.33. The number of hydrogen-bond donors (Lipinski definition) is 1. The van der Waals surface area contributed by atoms with E-state index in [2.05, 4.69) is 25.2 Å². The minimum absolute atomic E-state index is 0.0341. The smallest absolute Gasteiger partial charge is 0.295 e. The molecule has 1 aliphatic heterocycles. The van der Waals surface area contributed by atoms with Gasteiger partial charge < -0.3 is 24.3 Å². The van der Waals surface area contributed by atoms with Gasteiger partial charge in [0.1, 0.15) is 11.6 Å². The maximum absolute atomic E-state index is 5.91. The topological polar surface area (TPSA) is 79.5 Å². The van der Waals surface area contributed by atoms with Crippen LogP contribution in [0.2, 0.25) is 0 Å². The second kappa shape index (κ2) is 7.11. The minimum atomic E-state index is 0.0341. The maximum atomic E-state index is 5.91. The fraction of sp³-hybridized carbons (Fsp3) is 0.611. The molecule has 0 amide bonds. The second-order valence-corrected chi connectivity index (χ2v) is 7.23. The average molecular weight is 358 g/mol. The van der Waals surface area contributed by atoms with Gasteiger partial charge in [-0.2, -0.15) is 4.98 Å². The molecule has 0 bridgehead atoms. The number of nitrogens with zero attached hydrogens (tertiary/aromatic N) is 5. The van der Waals surface area contributed by atoms with E-state index in [0.29, 0.717) is 17.9 Å². The monoisotopic (exact) mass is 358 g/mol. The largest absolute Gasteiger partial charge is 0.428 e. The number of aromatic nitrogens is 3. The molecule has 3 heterocycles. The Morgan fingerprint density at radius 2 is 2.12 bits per heavy atom. The van der Waals surface area contributed by atoms with Crippen molar-refractivity contribution in [1.82, 2.24) is 15.0 Å². The van der Waals surface area contributed by atoms with Crippen molar-refractivity contribution in [3.8, 4) is 0 Å². The van der Waals surface area contributed by atoms with E-state index in [1.54, 1.807) is 13.3 Å². The normalized spacial score (nSPS) is 23.1. The van der Waals surface area contributed by atoms with E-state index in [4.69, 9.17) is 9.15 Å². The lowest BCUT2D eigenvalue weighted by molar-refractivity contribution is 0.112. The molecule has 2 atom stereocenters. The third-order valence-electron chi connectivity index (χ3n) is 5.26. The zero-order chi connectivity index (χ0) is 18.1. The summed E-state index contributed by atoms with van der Waals surface area (Å²) < 4.78 is 11.6. The number of nitrogens with one attached hydrogen (secondary N) is 1. The molecule has 1 N–H and O–H groups in total. The van der Waals surface area contributed by atoms with Crippen LogP contribution in [0.25, 0.3) is 0 Å². The van der Waals surface area contributed by atoms with Crippen molar-refractivity contribution in [2.75, 3.05) is 49.4 Å². The molecule has 2 aromatic heterocycles. The van der Waals surface area contributed by atoms with E-state index in [9.17, 15) is 0 Å². The fourth-order valence-electron chi connectivity index (χ4n) is 3.46. The van der Waals surface area contributed by atoms with Gasteiger partial charge in [-0.3, -0.25) is 0 Å². The molecular weight excluding hydrogens is 332 g/mol. The van der Waals surface area contributed by atoms with Gasteiger partial charge in [-0.05, 0) is 18.9 Å². The van der Waals surface area contributed by atoms with Gasteiger partial charge in [-0.25, -0.2) is 9.97 Å². The molecule has 0 radical (unpaired) electrons. The van der Waals surface area contributed by atoms with Crippen molar-refractivity contribution < 1.29 is 9.15 Å². The second-order valence-electron chi connectivity index (χ2n) is 7.23. The van der Waals surface area contributed by atoms with E-state index >= 15 is 0 Å². The van der Waals surface area contributed by atoms with Crippen LogP contribution in [0.4, 0.5) is 17.8 Å². The van der Waals surface area contributed by atoms with Crippen molar-refractivity contribution in [3.63, 3.8) is 0 Å². The van der Waals surface area contributed by atoms with Gasteiger partial charge in [-0.1, -0.05) is 6.42 Å². The Balaban J connectivity index is 1.45. The third-order valence-corrected chi connectivity index (χ3v) is 5.26. The Hall–Kier alpha value is -2.35. The summed E-state index contributed by atoms with van der Waals surface area (Å²) in [6.07, 6.45) is 7.37. The molecule has 1 saturated heterocycles. The minimum Gasteiger partial charge on any atom is -0.428 e. The molecule has 4 rings (SSSR count). The van der Waals surface area contributed by atoms with E-state index in [1.165, 1.54) is 19.3 Å².